The van der Waals surface area contributed by atoms with E-state index in [1.54, 1.807) is 0 Å². The van der Waals surface area contributed by atoms with Crippen molar-refractivity contribution in [3.05, 3.63) is 29.6 Å². The van der Waals surface area contributed by atoms with Gasteiger partial charge in [-0.2, -0.15) is 5.10 Å². The number of hydrogen-bond donors (Lipinski definition) is 1. The normalized spacial score (nSPS) is 10.8. The lowest BCUT2D eigenvalue weighted by Gasteiger charge is -2.05. The van der Waals surface area contributed by atoms with Crippen molar-refractivity contribution in [3.8, 4) is 0 Å². The van der Waals surface area contributed by atoms with Gasteiger partial charge in [0.05, 0.1) is 5.69 Å². The van der Waals surface area contributed by atoms with Crippen LogP contribution in [0.15, 0.2) is 12.7 Å². The Morgan fingerprint density at radius 3 is 2.72 bits per heavy atom. The van der Waals surface area contributed by atoms with E-state index in [4.69, 9.17) is 0 Å². The summed E-state index contributed by atoms with van der Waals surface area (Å²) >= 11 is 0. The van der Waals surface area contributed by atoms with Gasteiger partial charge in [0.1, 0.15) is 0 Å². The fourth-order valence-corrected chi connectivity index (χ4v) is 2.18. The van der Waals surface area contributed by atoms with Gasteiger partial charge in [0, 0.05) is 24.3 Å². The quantitative estimate of drug-likeness (QED) is 0.537. The summed E-state index contributed by atoms with van der Waals surface area (Å²) in [5, 5.41) is 8.02. The molecule has 1 heterocycles. The first-order valence-electron chi connectivity index (χ1n) is 7.05. The van der Waals surface area contributed by atoms with Gasteiger partial charge in [-0.05, 0) is 39.7 Å². The molecule has 0 bridgehead atoms. The molecule has 1 rings (SSSR count). The maximum Gasteiger partial charge on any atom is 0.0641 e. The van der Waals surface area contributed by atoms with E-state index in [2.05, 4.69) is 42.4 Å². The van der Waals surface area contributed by atoms with E-state index in [0.29, 0.717) is 0 Å². The Labute approximate surface area is 111 Å². The minimum atomic E-state index is 0.935. The molecule has 3 nitrogen and oxygen atoms in total. The average molecular weight is 249 g/mol. The largest absolute Gasteiger partial charge is 0.313 e. The molecule has 0 saturated carbocycles. The van der Waals surface area contributed by atoms with E-state index >= 15 is 0 Å². The first-order valence-corrected chi connectivity index (χ1v) is 7.05. The molecule has 1 aromatic rings. The molecule has 0 amide bonds. The molecule has 0 aliphatic heterocycles. The summed E-state index contributed by atoms with van der Waals surface area (Å²) in [5.41, 5.74) is 3.85. The maximum absolute atomic E-state index is 4.64. The first-order chi connectivity index (χ1) is 8.70. The molecule has 0 unspecified atom stereocenters. The van der Waals surface area contributed by atoms with E-state index < -0.39 is 0 Å². The third kappa shape index (κ3) is 4.30. The van der Waals surface area contributed by atoms with Gasteiger partial charge in [0.25, 0.3) is 0 Å². The monoisotopic (exact) mass is 249 g/mol. The van der Waals surface area contributed by atoms with Gasteiger partial charge in [-0.1, -0.05) is 19.4 Å². The number of rotatable bonds is 9. The molecule has 0 radical (unpaired) electrons. The predicted molar refractivity (Wildman–Crippen MR) is 77.7 cm³/mol. The molecule has 102 valence electrons. The van der Waals surface area contributed by atoms with Crippen LogP contribution in [0.5, 0.6) is 0 Å². The highest BCUT2D eigenvalue weighted by Crippen LogP contribution is 2.14. The summed E-state index contributed by atoms with van der Waals surface area (Å²) in [6, 6.07) is 0. The SMILES string of the molecule is C=CCCCCCn1nc(C)c(CNCC)c1C. The van der Waals surface area contributed by atoms with Crippen LogP contribution in [-0.4, -0.2) is 16.3 Å². The molecule has 0 spiro atoms. The lowest BCUT2D eigenvalue weighted by atomic mass is 10.2. The van der Waals surface area contributed by atoms with Gasteiger partial charge in [-0.15, -0.1) is 6.58 Å². The van der Waals surface area contributed by atoms with E-state index in [1.807, 2.05) is 6.08 Å². The highest BCUT2D eigenvalue weighted by Gasteiger charge is 2.10. The maximum atomic E-state index is 4.64. The third-order valence-corrected chi connectivity index (χ3v) is 3.36. The molecular formula is C15H27N3. The Kier molecular flexibility index (Phi) is 6.73. The molecular weight excluding hydrogens is 222 g/mol. The topological polar surface area (TPSA) is 29.9 Å². The summed E-state index contributed by atoms with van der Waals surface area (Å²) in [4.78, 5) is 0. The van der Waals surface area contributed by atoms with Gasteiger partial charge in [0.15, 0.2) is 0 Å². The number of aromatic nitrogens is 2. The Hall–Kier alpha value is -1.09. The zero-order chi connectivity index (χ0) is 13.4. The second-order valence-electron chi connectivity index (χ2n) is 4.79. The average Bonchev–Trinajstić information content (AvgIpc) is 2.62. The van der Waals surface area contributed by atoms with Crippen molar-refractivity contribution >= 4 is 0 Å². The number of aryl methyl sites for hydroxylation is 2. The molecule has 3 heteroatoms. The van der Waals surface area contributed by atoms with E-state index in [-0.39, 0.29) is 0 Å². The number of nitrogens with zero attached hydrogens (tertiary/aromatic N) is 2. The highest BCUT2D eigenvalue weighted by atomic mass is 15.3. The Morgan fingerprint density at radius 2 is 2.06 bits per heavy atom. The standard InChI is InChI=1S/C15H27N3/c1-5-7-8-9-10-11-18-14(4)15(12-16-6-2)13(3)17-18/h5,16H,1,6-12H2,2-4H3. The summed E-state index contributed by atoms with van der Waals surface area (Å²) in [6.07, 6.45) is 6.83. The van der Waals surface area contributed by atoms with Gasteiger partial charge in [0.2, 0.25) is 0 Å². The molecule has 0 aliphatic carbocycles. The number of nitrogens with one attached hydrogen (secondary N) is 1. The minimum Gasteiger partial charge on any atom is -0.313 e. The highest BCUT2D eigenvalue weighted by molar-refractivity contribution is 5.24. The second kappa shape index (κ2) is 8.09. The van der Waals surface area contributed by atoms with Crippen LogP contribution in [-0.2, 0) is 13.1 Å². The van der Waals surface area contributed by atoms with Crippen LogP contribution in [0.25, 0.3) is 0 Å². The minimum absolute atomic E-state index is 0.935. The molecule has 0 aliphatic rings. The molecule has 0 aromatic carbocycles. The van der Waals surface area contributed by atoms with Crippen molar-refractivity contribution < 1.29 is 0 Å². The van der Waals surface area contributed by atoms with E-state index in [0.717, 1.165) is 26.1 Å². The van der Waals surface area contributed by atoms with Crippen LogP contribution in [0.3, 0.4) is 0 Å². The lowest BCUT2D eigenvalue weighted by Crippen LogP contribution is -2.13. The molecule has 1 N–H and O–H groups in total. The van der Waals surface area contributed by atoms with Crippen LogP contribution >= 0.6 is 0 Å². The first kappa shape index (κ1) is 15.0. The lowest BCUT2D eigenvalue weighted by molar-refractivity contribution is 0.533. The summed E-state index contributed by atoms with van der Waals surface area (Å²) in [6.45, 7) is 13.1. The van der Waals surface area contributed by atoms with Gasteiger partial charge >= 0.3 is 0 Å². The number of allylic oxidation sites excluding steroid dienone is 1. The van der Waals surface area contributed by atoms with Gasteiger partial charge in [-0.25, -0.2) is 0 Å². The van der Waals surface area contributed by atoms with Crippen molar-refractivity contribution in [1.82, 2.24) is 15.1 Å². The van der Waals surface area contributed by atoms with Crippen molar-refractivity contribution in [2.75, 3.05) is 6.54 Å². The summed E-state index contributed by atoms with van der Waals surface area (Å²) in [7, 11) is 0. The van der Waals surface area contributed by atoms with E-state index in [9.17, 15) is 0 Å². The third-order valence-electron chi connectivity index (χ3n) is 3.36. The van der Waals surface area contributed by atoms with Crippen molar-refractivity contribution in [3.63, 3.8) is 0 Å². The van der Waals surface area contributed by atoms with Crippen LogP contribution < -0.4 is 5.32 Å². The molecule has 0 atom stereocenters. The smallest absolute Gasteiger partial charge is 0.0641 e. The van der Waals surface area contributed by atoms with Crippen LogP contribution in [0.1, 0.15) is 49.6 Å². The zero-order valence-electron chi connectivity index (χ0n) is 12.1. The van der Waals surface area contributed by atoms with Crippen LogP contribution in [0, 0.1) is 13.8 Å². The summed E-state index contributed by atoms with van der Waals surface area (Å²) in [5.74, 6) is 0. The Morgan fingerprint density at radius 1 is 1.28 bits per heavy atom. The fourth-order valence-electron chi connectivity index (χ4n) is 2.18. The van der Waals surface area contributed by atoms with Crippen molar-refractivity contribution in [1.29, 1.82) is 0 Å². The van der Waals surface area contributed by atoms with Crippen LogP contribution in [0.4, 0.5) is 0 Å². The summed E-state index contributed by atoms with van der Waals surface area (Å²) < 4.78 is 2.16. The van der Waals surface area contributed by atoms with Crippen molar-refractivity contribution in [2.24, 2.45) is 0 Å². The number of unbranched alkanes of at least 4 members (excludes halogenated alkanes) is 3. The van der Waals surface area contributed by atoms with E-state index in [1.165, 1.54) is 36.2 Å². The Balaban J connectivity index is 2.48. The second-order valence-corrected chi connectivity index (χ2v) is 4.79. The zero-order valence-corrected chi connectivity index (χ0v) is 12.1. The predicted octanol–water partition coefficient (Wildman–Crippen LogP) is 3.36. The molecule has 18 heavy (non-hydrogen) atoms. The Bertz CT molecular complexity index is 366. The molecule has 1 aromatic heterocycles. The van der Waals surface area contributed by atoms with Crippen LogP contribution in [0.2, 0.25) is 0 Å². The van der Waals surface area contributed by atoms with Gasteiger partial charge in [-0.3, -0.25) is 4.68 Å². The van der Waals surface area contributed by atoms with Gasteiger partial charge < -0.3 is 5.32 Å². The fraction of sp³-hybridized carbons (Fsp3) is 0.667. The molecule has 0 fully saturated rings. The number of hydrogen-bond acceptors (Lipinski definition) is 2. The molecule has 0 saturated heterocycles. The van der Waals surface area contributed by atoms with Crippen molar-refractivity contribution in [2.45, 2.75) is 59.5 Å².